The van der Waals surface area contributed by atoms with E-state index < -0.39 is 0 Å². The molecule has 0 aliphatic heterocycles. The fraction of sp³-hybridized carbons (Fsp3) is 0.417. The van der Waals surface area contributed by atoms with Crippen LogP contribution in [-0.4, -0.2) is 18.6 Å². The number of hydrogen-bond donors (Lipinski definition) is 1. The van der Waals surface area contributed by atoms with Crippen LogP contribution in [0.25, 0.3) is 0 Å². The molecule has 0 spiro atoms. The van der Waals surface area contributed by atoms with E-state index in [1.54, 1.807) is 29.2 Å². The first kappa shape index (κ1) is 13.3. The number of carbonyl (C=O) groups is 1. The predicted molar refractivity (Wildman–Crippen MR) is 73.4 cm³/mol. The number of hydrogen-bond acceptors (Lipinski definition) is 4. The van der Waals surface area contributed by atoms with E-state index in [-0.39, 0.29) is 5.78 Å². The molecule has 1 aromatic rings. The van der Waals surface area contributed by atoms with E-state index >= 15 is 0 Å². The molecule has 0 radical (unpaired) electrons. The number of nitrogens with one attached hydrogen (secondary N) is 1. The lowest BCUT2D eigenvalue weighted by Crippen LogP contribution is -2.11. The Kier molecular flexibility index (Phi) is 5.09. The van der Waals surface area contributed by atoms with Gasteiger partial charge >= 0.3 is 0 Å². The predicted octanol–water partition coefficient (Wildman–Crippen LogP) is 3.36. The summed E-state index contributed by atoms with van der Waals surface area (Å²) in [6, 6.07) is 1.96. The van der Waals surface area contributed by atoms with Crippen LogP contribution in [0.15, 0.2) is 17.2 Å². The molecule has 0 amide bonds. The molecule has 16 heavy (non-hydrogen) atoms. The number of allylic oxidation sites excluding steroid dienone is 1. The van der Waals surface area contributed by atoms with Crippen molar-refractivity contribution in [2.24, 2.45) is 0 Å². The monoisotopic (exact) mass is 255 g/mol. The van der Waals surface area contributed by atoms with E-state index in [4.69, 9.17) is 0 Å². The Balaban J connectivity index is 2.89. The highest BCUT2D eigenvalue weighted by molar-refractivity contribution is 8.02. The molecule has 0 saturated carbocycles. The molecule has 4 heteroatoms. The average molecular weight is 255 g/mol. The highest BCUT2D eigenvalue weighted by Gasteiger charge is 2.10. The number of rotatable bonds is 5. The van der Waals surface area contributed by atoms with Crippen molar-refractivity contribution >= 4 is 28.9 Å². The van der Waals surface area contributed by atoms with Crippen molar-refractivity contribution < 1.29 is 4.79 Å². The fourth-order valence-corrected chi connectivity index (χ4v) is 2.87. The largest absolute Gasteiger partial charge is 0.380 e. The van der Waals surface area contributed by atoms with E-state index in [2.05, 4.69) is 5.32 Å². The van der Waals surface area contributed by atoms with Crippen molar-refractivity contribution in [2.75, 3.05) is 12.8 Å². The molecule has 1 aromatic heterocycles. The summed E-state index contributed by atoms with van der Waals surface area (Å²) in [7, 11) is 0. The fourth-order valence-electron chi connectivity index (χ4n) is 1.43. The maximum absolute atomic E-state index is 12.0. The summed E-state index contributed by atoms with van der Waals surface area (Å²) in [5.41, 5.74) is 0.826. The van der Waals surface area contributed by atoms with Gasteiger partial charge < -0.3 is 5.32 Å². The van der Waals surface area contributed by atoms with E-state index in [9.17, 15) is 4.79 Å². The summed E-state index contributed by atoms with van der Waals surface area (Å²) in [4.78, 5) is 14.3. The zero-order valence-electron chi connectivity index (χ0n) is 10.1. The lowest BCUT2D eigenvalue weighted by atomic mass is 10.1. The van der Waals surface area contributed by atoms with Gasteiger partial charge in [0.1, 0.15) is 0 Å². The molecule has 0 unspecified atom stereocenters. The van der Waals surface area contributed by atoms with Crippen molar-refractivity contribution in [2.45, 2.75) is 20.8 Å². The standard InChI is InChI=1S/C12H17NOS2/c1-5-13-12(15-4)7-11(14)10-6-8(2)16-9(10)3/h6-7,13H,5H2,1-4H3/b12-7+. The quantitative estimate of drug-likeness (QED) is 0.646. The van der Waals surface area contributed by atoms with Gasteiger partial charge in [0.25, 0.3) is 0 Å². The van der Waals surface area contributed by atoms with Gasteiger partial charge in [-0.25, -0.2) is 0 Å². The Hall–Kier alpha value is -0.740. The normalized spacial score (nSPS) is 11.6. The number of ketones is 1. The number of thiophene rings is 1. The molecule has 0 aromatic carbocycles. The molecule has 1 heterocycles. The van der Waals surface area contributed by atoms with Crippen molar-refractivity contribution in [1.82, 2.24) is 5.32 Å². The molecular formula is C12H17NOS2. The molecule has 1 N–H and O–H groups in total. The third-order valence-electron chi connectivity index (χ3n) is 2.14. The lowest BCUT2D eigenvalue weighted by Gasteiger charge is -2.04. The van der Waals surface area contributed by atoms with Gasteiger partial charge in [-0.05, 0) is 33.1 Å². The summed E-state index contributed by atoms with van der Waals surface area (Å²) in [5, 5.41) is 4.09. The van der Waals surface area contributed by atoms with Crippen molar-refractivity contribution in [3.63, 3.8) is 0 Å². The Morgan fingerprint density at radius 3 is 2.69 bits per heavy atom. The van der Waals surface area contributed by atoms with E-state index in [0.29, 0.717) is 0 Å². The van der Waals surface area contributed by atoms with Crippen LogP contribution in [-0.2, 0) is 0 Å². The molecular weight excluding hydrogens is 238 g/mol. The van der Waals surface area contributed by atoms with Crippen molar-refractivity contribution in [3.05, 3.63) is 32.5 Å². The Morgan fingerprint density at radius 2 is 2.25 bits per heavy atom. The van der Waals surface area contributed by atoms with Gasteiger partial charge in [-0.15, -0.1) is 23.1 Å². The second-order valence-corrected chi connectivity index (χ2v) is 5.74. The summed E-state index contributed by atoms with van der Waals surface area (Å²) in [6.07, 6.45) is 3.65. The molecule has 0 aliphatic carbocycles. The Bertz CT molecular complexity index is 407. The van der Waals surface area contributed by atoms with Crippen LogP contribution in [0.5, 0.6) is 0 Å². The molecule has 0 fully saturated rings. The molecule has 1 rings (SSSR count). The summed E-state index contributed by atoms with van der Waals surface area (Å²) in [5.74, 6) is 0.0900. The minimum atomic E-state index is 0.0900. The highest BCUT2D eigenvalue weighted by Crippen LogP contribution is 2.22. The second-order valence-electron chi connectivity index (χ2n) is 3.43. The van der Waals surface area contributed by atoms with Crippen LogP contribution >= 0.6 is 23.1 Å². The minimum Gasteiger partial charge on any atom is -0.380 e. The van der Waals surface area contributed by atoms with Crippen LogP contribution in [0, 0.1) is 13.8 Å². The maximum atomic E-state index is 12.0. The molecule has 0 aliphatic rings. The van der Waals surface area contributed by atoms with Crippen LogP contribution in [0.4, 0.5) is 0 Å². The molecule has 88 valence electrons. The molecule has 2 nitrogen and oxygen atoms in total. The van der Waals surface area contributed by atoms with E-state index in [0.717, 1.165) is 22.0 Å². The topological polar surface area (TPSA) is 29.1 Å². The molecule has 0 bridgehead atoms. The van der Waals surface area contributed by atoms with Crippen LogP contribution in [0.3, 0.4) is 0 Å². The van der Waals surface area contributed by atoms with Gasteiger partial charge in [0.2, 0.25) is 0 Å². The number of aryl methyl sites for hydroxylation is 2. The Morgan fingerprint density at radius 1 is 1.56 bits per heavy atom. The van der Waals surface area contributed by atoms with Gasteiger partial charge in [0, 0.05) is 27.9 Å². The minimum absolute atomic E-state index is 0.0900. The zero-order chi connectivity index (χ0) is 12.1. The molecule has 0 saturated heterocycles. The number of carbonyl (C=O) groups excluding carboxylic acids is 1. The van der Waals surface area contributed by atoms with Crippen LogP contribution in [0.2, 0.25) is 0 Å². The van der Waals surface area contributed by atoms with Crippen molar-refractivity contribution in [3.8, 4) is 0 Å². The average Bonchev–Trinajstić information content (AvgIpc) is 2.57. The smallest absolute Gasteiger partial charge is 0.189 e. The maximum Gasteiger partial charge on any atom is 0.189 e. The first-order valence-corrected chi connectivity index (χ1v) is 7.23. The van der Waals surface area contributed by atoms with E-state index in [1.807, 2.05) is 33.1 Å². The Labute approximate surface area is 105 Å². The second kappa shape index (κ2) is 6.11. The first-order valence-electron chi connectivity index (χ1n) is 5.19. The third kappa shape index (κ3) is 3.39. The van der Waals surface area contributed by atoms with Gasteiger partial charge in [0.05, 0.1) is 5.03 Å². The first-order chi connectivity index (χ1) is 7.58. The summed E-state index contributed by atoms with van der Waals surface area (Å²) >= 11 is 3.23. The zero-order valence-corrected chi connectivity index (χ0v) is 11.7. The summed E-state index contributed by atoms with van der Waals surface area (Å²) < 4.78 is 0. The van der Waals surface area contributed by atoms with Gasteiger partial charge in [-0.1, -0.05) is 0 Å². The SMILES string of the molecule is CCN/C(=C\C(=O)c1cc(C)sc1C)SC. The van der Waals surface area contributed by atoms with Gasteiger partial charge in [0.15, 0.2) is 5.78 Å². The van der Waals surface area contributed by atoms with Gasteiger partial charge in [-0.3, -0.25) is 4.79 Å². The van der Waals surface area contributed by atoms with E-state index in [1.165, 1.54) is 4.88 Å². The third-order valence-corrected chi connectivity index (χ3v) is 3.81. The number of thioether (sulfide) groups is 1. The lowest BCUT2D eigenvalue weighted by molar-refractivity contribution is 0.104. The van der Waals surface area contributed by atoms with Crippen molar-refractivity contribution in [1.29, 1.82) is 0 Å². The molecule has 0 atom stereocenters. The highest BCUT2D eigenvalue weighted by atomic mass is 32.2. The van der Waals surface area contributed by atoms with Crippen LogP contribution < -0.4 is 5.32 Å². The van der Waals surface area contributed by atoms with Crippen LogP contribution in [0.1, 0.15) is 27.0 Å². The summed E-state index contributed by atoms with van der Waals surface area (Å²) in [6.45, 7) is 6.87. The van der Waals surface area contributed by atoms with Gasteiger partial charge in [-0.2, -0.15) is 0 Å².